The zero-order valence-corrected chi connectivity index (χ0v) is 14.1. The van der Waals surface area contributed by atoms with E-state index in [0.717, 1.165) is 5.56 Å². The van der Waals surface area contributed by atoms with Crippen LogP contribution in [0.15, 0.2) is 59.1 Å². The van der Waals surface area contributed by atoms with Crippen molar-refractivity contribution in [1.29, 1.82) is 0 Å². The number of benzene rings is 2. The maximum absolute atomic E-state index is 12.0. The van der Waals surface area contributed by atoms with Crippen LogP contribution in [0.2, 0.25) is 10.0 Å². The lowest BCUT2D eigenvalue weighted by molar-refractivity contribution is -0.116. The molecule has 3 aromatic rings. The van der Waals surface area contributed by atoms with Gasteiger partial charge in [0.1, 0.15) is 0 Å². The molecule has 0 unspecified atom stereocenters. The highest BCUT2D eigenvalue weighted by atomic mass is 35.5. The van der Waals surface area contributed by atoms with Crippen molar-refractivity contribution < 1.29 is 9.21 Å². The van der Waals surface area contributed by atoms with Crippen molar-refractivity contribution in [3.63, 3.8) is 0 Å². The monoisotopic (exact) mass is 360 g/mol. The van der Waals surface area contributed by atoms with Gasteiger partial charge in [-0.15, -0.1) is 0 Å². The molecule has 0 bridgehead atoms. The van der Waals surface area contributed by atoms with E-state index in [2.05, 4.69) is 10.3 Å². The molecule has 1 heterocycles. The second kappa shape index (κ2) is 7.51. The number of nitrogens with zero attached hydrogens (tertiary/aromatic N) is 1. The number of hydrogen-bond acceptors (Lipinski definition) is 3. The molecule has 6 heteroatoms. The first-order valence-corrected chi connectivity index (χ1v) is 8.12. The molecule has 1 aromatic heterocycles. The molecule has 1 amide bonds. The molecule has 0 fully saturated rings. The molecule has 0 aliphatic rings. The number of aromatic nitrogens is 1. The van der Waals surface area contributed by atoms with E-state index >= 15 is 0 Å². The van der Waals surface area contributed by atoms with Gasteiger partial charge >= 0.3 is 0 Å². The van der Waals surface area contributed by atoms with Crippen LogP contribution >= 0.6 is 23.2 Å². The Morgan fingerprint density at radius 1 is 1.00 bits per heavy atom. The molecule has 122 valence electrons. The second-order valence-corrected chi connectivity index (χ2v) is 6.05. The summed E-state index contributed by atoms with van der Waals surface area (Å²) in [7, 11) is 0. The Kier molecular flexibility index (Phi) is 5.18. The zero-order valence-electron chi connectivity index (χ0n) is 12.6. The summed E-state index contributed by atoms with van der Waals surface area (Å²) < 4.78 is 5.67. The van der Waals surface area contributed by atoms with Crippen molar-refractivity contribution in [1.82, 2.24) is 4.98 Å². The van der Waals surface area contributed by atoms with Crippen LogP contribution in [-0.2, 0) is 11.2 Å². The third-order valence-corrected chi connectivity index (χ3v) is 3.88. The van der Waals surface area contributed by atoms with Crippen molar-refractivity contribution in [2.75, 3.05) is 5.32 Å². The van der Waals surface area contributed by atoms with Gasteiger partial charge in [-0.2, -0.15) is 0 Å². The summed E-state index contributed by atoms with van der Waals surface area (Å²) in [6, 6.07) is 14.3. The highest BCUT2D eigenvalue weighted by Gasteiger charge is 2.09. The quantitative estimate of drug-likeness (QED) is 0.678. The molecule has 0 aliphatic carbocycles. The largest absolute Gasteiger partial charge is 0.441 e. The first-order valence-electron chi connectivity index (χ1n) is 7.36. The Morgan fingerprint density at radius 2 is 1.62 bits per heavy atom. The fourth-order valence-corrected chi connectivity index (χ4v) is 2.40. The molecule has 0 radical (unpaired) electrons. The minimum atomic E-state index is -0.108. The molecule has 1 N–H and O–H groups in total. The maximum atomic E-state index is 12.0. The molecular weight excluding hydrogens is 347 g/mol. The molecule has 2 aromatic carbocycles. The Balaban J connectivity index is 1.56. The number of carbonyl (C=O) groups excluding carboxylic acids is 1. The van der Waals surface area contributed by atoms with Gasteiger partial charge in [0.2, 0.25) is 5.91 Å². The molecule has 3 rings (SSSR count). The van der Waals surface area contributed by atoms with Gasteiger partial charge in [0.15, 0.2) is 11.7 Å². The fraction of sp³-hybridized carbons (Fsp3) is 0.111. The van der Waals surface area contributed by atoms with Gasteiger partial charge in [0, 0.05) is 34.1 Å². The molecule has 0 saturated carbocycles. The lowest BCUT2D eigenvalue weighted by atomic mass is 10.2. The van der Waals surface area contributed by atoms with Crippen molar-refractivity contribution in [2.24, 2.45) is 0 Å². The Hall–Kier alpha value is -2.30. The van der Waals surface area contributed by atoms with E-state index in [-0.39, 0.29) is 12.3 Å². The number of rotatable bonds is 5. The highest BCUT2D eigenvalue weighted by molar-refractivity contribution is 6.30. The summed E-state index contributed by atoms with van der Waals surface area (Å²) in [5, 5.41) is 4.09. The van der Waals surface area contributed by atoms with Gasteiger partial charge in [-0.3, -0.25) is 4.79 Å². The summed E-state index contributed by atoms with van der Waals surface area (Å²) in [6.45, 7) is 0. The topological polar surface area (TPSA) is 55.1 Å². The van der Waals surface area contributed by atoms with Crippen LogP contribution in [0, 0.1) is 0 Å². The van der Waals surface area contributed by atoms with E-state index in [1.54, 1.807) is 42.6 Å². The van der Waals surface area contributed by atoms with Gasteiger partial charge in [0.05, 0.1) is 6.20 Å². The summed E-state index contributed by atoms with van der Waals surface area (Å²) in [6.07, 6.45) is 2.35. The fourth-order valence-electron chi connectivity index (χ4n) is 2.15. The number of amides is 1. The van der Waals surface area contributed by atoms with E-state index < -0.39 is 0 Å². The summed E-state index contributed by atoms with van der Waals surface area (Å²) in [5.74, 6) is 1.06. The lowest BCUT2D eigenvalue weighted by Crippen LogP contribution is -2.12. The minimum Gasteiger partial charge on any atom is -0.441 e. The van der Waals surface area contributed by atoms with Crippen molar-refractivity contribution >= 4 is 34.8 Å². The lowest BCUT2D eigenvalue weighted by Gasteiger charge is -2.04. The number of nitrogens with one attached hydrogen (secondary N) is 1. The molecule has 24 heavy (non-hydrogen) atoms. The average Bonchev–Trinajstić information content (AvgIpc) is 3.05. The molecule has 0 saturated heterocycles. The number of halogens is 2. The zero-order chi connectivity index (χ0) is 16.9. The molecular formula is C18H14Cl2N2O2. The van der Waals surface area contributed by atoms with E-state index in [1.165, 1.54) is 0 Å². The minimum absolute atomic E-state index is 0.108. The van der Waals surface area contributed by atoms with E-state index in [1.807, 2.05) is 12.1 Å². The summed E-state index contributed by atoms with van der Waals surface area (Å²) >= 11 is 11.7. The van der Waals surface area contributed by atoms with Crippen LogP contribution in [0.3, 0.4) is 0 Å². The molecule has 0 atom stereocenters. The third-order valence-electron chi connectivity index (χ3n) is 3.38. The van der Waals surface area contributed by atoms with Crippen LogP contribution < -0.4 is 5.32 Å². The van der Waals surface area contributed by atoms with Crippen molar-refractivity contribution in [2.45, 2.75) is 12.8 Å². The SMILES string of the molecule is O=C(CCc1ncc(-c2ccc(Cl)cc2)o1)Nc1ccc(Cl)cc1. The predicted molar refractivity (Wildman–Crippen MR) is 95.4 cm³/mol. The van der Waals surface area contributed by atoms with Gasteiger partial charge < -0.3 is 9.73 Å². The molecule has 4 nitrogen and oxygen atoms in total. The van der Waals surface area contributed by atoms with E-state index in [4.69, 9.17) is 27.6 Å². The standard InChI is InChI=1S/C18H14Cl2N2O2/c19-13-3-1-12(2-4-13)16-11-21-18(24-16)10-9-17(23)22-15-7-5-14(20)6-8-15/h1-8,11H,9-10H2,(H,22,23). The van der Waals surface area contributed by atoms with E-state index in [9.17, 15) is 4.79 Å². The first-order chi connectivity index (χ1) is 11.6. The Morgan fingerprint density at radius 3 is 2.29 bits per heavy atom. The Bertz CT molecular complexity index is 827. The van der Waals surface area contributed by atoms with Crippen molar-refractivity contribution in [3.05, 3.63) is 70.7 Å². The third kappa shape index (κ3) is 4.37. The normalized spacial score (nSPS) is 10.6. The van der Waals surface area contributed by atoms with Crippen LogP contribution in [0.25, 0.3) is 11.3 Å². The van der Waals surface area contributed by atoms with Gasteiger partial charge in [-0.1, -0.05) is 23.2 Å². The number of anilines is 1. The number of oxazole rings is 1. The molecule has 0 spiro atoms. The second-order valence-electron chi connectivity index (χ2n) is 5.18. The highest BCUT2D eigenvalue weighted by Crippen LogP contribution is 2.22. The van der Waals surface area contributed by atoms with E-state index in [0.29, 0.717) is 33.8 Å². The Labute approximate surface area is 149 Å². The maximum Gasteiger partial charge on any atom is 0.224 e. The first kappa shape index (κ1) is 16.6. The predicted octanol–water partition coefficient (Wildman–Crippen LogP) is 5.22. The average molecular weight is 361 g/mol. The van der Waals surface area contributed by atoms with Gasteiger partial charge in [0.25, 0.3) is 0 Å². The van der Waals surface area contributed by atoms with Crippen LogP contribution in [0.5, 0.6) is 0 Å². The summed E-state index contributed by atoms with van der Waals surface area (Å²) in [5.41, 5.74) is 1.60. The van der Waals surface area contributed by atoms with Crippen molar-refractivity contribution in [3.8, 4) is 11.3 Å². The van der Waals surface area contributed by atoms with Gasteiger partial charge in [-0.25, -0.2) is 4.98 Å². The summed E-state index contributed by atoms with van der Waals surface area (Å²) in [4.78, 5) is 16.2. The van der Waals surface area contributed by atoms with Gasteiger partial charge in [-0.05, 0) is 48.5 Å². The number of aryl methyl sites for hydroxylation is 1. The van der Waals surface area contributed by atoms with Crippen LogP contribution in [-0.4, -0.2) is 10.9 Å². The molecule has 0 aliphatic heterocycles. The van der Waals surface area contributed by atoms with Crippen LogP contribution in [0.1, 0.15) is 12.3 Å². The van der Waals surface area contributed by atoms with Crippen LogP contribution in [0.4, 0.5) is 5.69 Å². The smallest absolute Gasteiger partial charge is 0.224 e. The number of hydrogen-bond donors (Lipinski definition) is 1. The number of carbonyl (C=O) groups is 1.